The van der Waals surface area contributed by atoms with Crippen LogP contribution in [0.2, 0.25) is 5.02 Å². The lowest BCUT2D eigenvalue weighted by Gasteiger charge is -2.22. The number of hydrogen-bond acceptors (Lipinski definition) is 3. The lowest BCUT2D eigenvalue weighted by molar-refractivity contribution is -0.120. The number of halogens is 1. The van der Waals surface area contributed by atoms with Crippen LogP contribution in [0.15, 0.2) is 18.2 Å². The molecule has 1 aliphatic rings. The molecule has 98 valence electrons. The molecule has 2 rings (SSSR count). The summed E-state index contributed by atoms with van der Waals surface area (Å²) in [4.78, 5) is 12.1. The number of amides is 1. The molecule has 18 heavy (non-hydrogen) atoms. The molecule has 0 spiro atoms. The molecule has 0 bridgehead atoms. The smallest absolute Gasteiger partial charge is 0.228 e. The van der Waals surface area contributed by atoms with Crippen LogP contribution in [0.1, 0.15) is 12.8 Å². The number of carbonyl (C=O) groups excluding carboxylic acids is 1. The van der Waals surface area contributed by atoms with Crippen LogP contribution in [-0.2, 0) is 4.79 Å². The topological polar surface area (TPSA) is 50.4 Å². The van der Waals surface area contributed by atoms with Gasteiger partial charge in [-0.2, -0.15) is 0 Å². The van der Waals surface area contributed by atoms with Crippen molar-refractivity contribution < 1.29 is 9.53 Å². The molecule has 0 aromatic heterocycles. The summed E-state index contributed by atoms with van der Waals surface area (Å²) in [5, 5.41) is 6.68. The third kappa shape index (κ3) is 3.15. The van der Waals surface area contributed by atoms with Gasteiger partial charge in [-0.05, 0) is 37.6 Å². The second kappa shape index (κ2) is 6.07. The van der Waals surface area contributed by atoms with E-state index in [0.29, 0.717) is 16.5 Å². The van der Waals surface area contributed by atoms with Crippen molar-refractivity contribution in [3.8, 4) is 5.75 Å². The van der Waals surface area contributed by atoms with Gasteiger partial charge in [0.05, 0.1) is 18.7 Å². The van der Waals surface area contributed by atoms with Gasteiger partial charge in [-0.25, -0.2) is 0 Å². The first kappa shape index (κ1) is 13.2. The summed E-state index contributed by atoms with van der Waals surface area (Å²) in [6.45, 7) is 1.72. The van der Waals surface area contributed by atoms with Crippen LogP contribution in [0.25, 0.3) is 0 Å². The molecular formula is C13H17ClN2O2. The molecule has 4 nitrogen and oxygen atoms in total. The van der Waals surface area contributed by atoms with Crippen LogP contribution in [-0.4, -0.2) is 26.1 Å². The summed E-state index contributed by atoms with van der Waals surface area (Å²) in [6.07, 6.45) is 1.95. The molecule has 0 unspecified atom stereocenters. The zero-order valence-corrected chi connectivity index (χ0v) is 11.1. The van der Waals surface area contributed by atoms with Gasteiger partial charge >= 0.3 is 0 Å². The first-order chi connectivity index (χ1) is 8.70. The van der Waals surface area contributed by atoms with E-state index in [1.54, 1.807) is 25.3 Å². The van der Waals surface area contributed by atoms with Gasteiger partial charge in [-0.3, -0.25) is 4.79 Å². The zero-order chi connectivity index (χ0) is 13.0. The summed E-state index contributed by atoms with van der Waals surface area (Å²) in [5.74, 6) is 0.654. The molecule has 1 aliphatic heterocycles. The first-order valence-electron chi connectivity index (χ1n) is 6.06. The highest BCUT2D eigenvalue weighted by molar-refractivity contribution is 6.31. The molecule has 1 fully saturated rings. The van der Waals surface area contributed by atoms with Gasteiger partial charge in [-0.1, -0.05) is 11.6 Å². The Kier molecular flexibility index (Phi) is 4.44. The van der Waals surface area contributed by atoms with E-state index in [9.17, 15) is 4.79 Å². The van der Waals surface area contributed by atoms with E-state index >= 15 is 0 Å². The second-order valence-corrected chi connectivity index (χ2v) is 4.81. The SMILES string of the molecule is COc1ccc(Cl)cc1NC(=O)[C@H]1CCCNC1. The Morgan fingerprint density at radius 1 is 1.56 bits per heavy atom. The van der Waals surface area contributed by atoms with E-state index < -0.39 is 0 Å². The van der Waals surface area contributed by atoms with Crippen molar-refractivity contribution in [2.24, 2.45) is 5.92 Å². The van der Waals surface area contributed by atoms with E-state index in [4.69, 9.17) is 16.3 Å². The highest BCUT2D eigenvalue weighted by Gasteiger charge is 2.21. The van der Waals surface area contributed by atoms with Crippen LogP contribution in [0.3, 0.4) is 0 Å². The number of piperidine rings is 1. The fourth-order valence-corrected chi connectivity index (χ4v) is 2.26. The lowest BCUT2D eigenvalue weighted by atomic mass is 9.99. The van der Waals surface area contributed by atoms with Crippen molar-refractivity contribution in [2.75, 3.05) is 25.5 Å². The molecule has 2 N–H and O–H groups in total. The maximum Gasteiger partial charge on any atom is 0.228 e. The molecular weight excluding hydrogens is 252 g/mol. The molecule has 1 amide bonds. The van der Waals surface area contributed by atoms with E-state index in [-0.39, 0.29) is 11.8 Å². The molecule has 1 atom stereocenters. The van der Waals surface area contributed by atoms with Gasteiger partial charge in [0.15, 0.2) is 0 Å². The maximum atomic E-state index is 12.1. The van der Waals surface area contributed by atoms with E-state index in [2.05, 4.69) is 10.6 Å². The monoisotopic (exact) mass is 268 g/mol. The van der Waals surface area contributed by atoms with Crippen molar-refractivity contribution in [2.45, 2.75) is 12.8 Å². The molecule has 1 heterocycles. The molecule has 5 heteroatoms. The minimum absolute atomic E-state index is 0.0161. The van der Waals surface area contributed by atoms with Crippen LogP contribution in [0.5, 0.6) is 5.75 Å². The average molecular weight is 269 g/mol. The summed E-state index contributed by atoms with van der Waals surface area (Å²) >= 11 is 5.92. The number of methoxy groups -OCH3 is 1. The lowest BCUT2D eigenvalue weighted by Crippen LogP contribution is -2.37. The average Bonchev–Trinajstić information content (AvgIpc) is 2.40. The van der Waals surface area contributed by atoms with Gasteiger partial charge in [0.1, 0.15) is 5.75 Å². The summed E-state index contributed by atoms with van der Waals surface area (Å²) in [7, 11) is 1.57. The fraction of sp³-hybridized carbons (Fsp3) is 0.462. The molecule has 0 radical (unpaired) electrons. The van der Waals surface area contributed by atoms with Gasteiger partial charge < -0.3 is 15.4 Å². The van der Waals surface area contributed by atoms with Crippen molar-refractivity contribution >= 4 is 23.2 Å². The quantitative estimate of drug-likeness (QED) is 0.884. The number of carbonyl (C=O) groups is 1. The Morgan fingerprint density at radius 3 is 3.06 bits per heavy atom. The Morgan fingerprint density at radius 2 is 2.39 bits per heavy atom. The van der Waals surface area contributed by atoms with Crippen LogP contribution >= 0.6 is 11.6 Å². The van der Waals surface area contributed by atoms with Crippen LogP contribution < -0.4 is 15.4 Å². The van der Waals surface area contributed by atoms with Crippen molar-refractivity contribution in [1.82, 2.24) is 5.32 Å². The van der Waals surface area contributed by atoms with Gasteiger partial charge in [0.25, 0.3) is 0 Å². The van der Waals surface area contributed by atoms with E-state index in [1.807, 2.05) is 0 Å². The molecule has 1 saturated heterocycles. The molecule has 0 saturated carbocycles. The number of anilines is 1. The van der Waals surface area contributed by atoms with Gasteiger partial charge in [-0.15, -0.1) is 0 Å². The van der Waals surface area contributed by atoms with Gasteiger partial charge in [0, 0.05) is 11.6 Å². The molecule has 1 aromatic carbocycles. The Labute approximate surface area is 112 Å². The molecule has 0 aliphatic carbocycles. The third-order valence-electron chi connectivity index (χ3n) is 3.09. The third-order valence-corrected chi connectivity index (χ3v) is 3.32. The Balaban J connectivity index is 2.07. The van der Waals surface area contributed by atoms with Crippen LogP contribution in [0, 0.1) is 5.92 Å². The number of nitrogens with one attached hydrogen (secondary N) is 2. The van der Waals surface area contributed by atoms with Crippen molar-refractivity contribution in [1.29, 1.82) is 0 Å². The summed E-state index contributed by atoms with van der Waals surface area (Å²) in [5.41, 5.74) is 0.626. The Bertz CT molecular complexity index is 431. The maximum absolute atomic E-state index is 12.1. The van der Waals surface area contributed by atoms with Crippen LogP contribution in [0.4, 0.5) is 5.69 Å². The van der Waals surface area contributed by atoms with Gasteiger partial charge in [0.2, 0.25) is 5.91 Å². The highest BCUT2D eigenvalue weighted by atomic mass is 35.5. The summed E-state index contributed by atoms with van der Waals surface area (Å²) < 4.78 is 5.20. The van der Waals surface area contributed by atoms with Crippen molar-refractivity contribution in [3.63, 3.8) is 0 Å². The Hall–Kier alpha value is -1.26. The molecule has 1 aromatic rings. The fourth-order valence-electron chi connectivity index (χ4n) is 2.09. The first-order valence-corrected chi connectivity index (χ1v) is 6.43. The number of benzene rings is 1. The number of rotatable bonds is 3. The zero-order valence-electron chi connectivity index (χ0n) is 10.3. The predicted molar refractivity (Wildman–Crippen MR) is 72.2 cm³/mol. The normalized spacial score (nSPS) is 19.3. The van der Waals surface area contributed by atoms with Crippen molar-refractivity contribution in [3.05, 3.63) is 23.2 Å². The minimum atomic E-state index is 0.0161. The highest BCUT2D eigenvalue weighted by Crippen LogP contribution is 2.28. The van der Waals surface area contributed by atoms with E-state index in [1.165, 1.54) is 0 Å². The summed E-state index contributed by atoms with van der Waals surface area (Å²) in [6, 6.07) is 5.18. The minimum Gasteiger partial charge on any atom is -0.495 e. The largest absolute Gasteiger partial charge is 0.495 e. The number of hydrogen-bond donors (Lipinski definition) is 2. The number of ether oxygens (including phenoxy) is 1. The van der Waals surface area contributed by atoms with E-state index in [0.717, 1.165) is 25.9 Å². The predicted octanol–water partition coefficient (Wildman–Crippen LogP) is 2.29. The standard InChI is InChI=1S/C13H17ClN2O2/c1-18-12-5-4-10(14)7-11(12)16-13(17)9-3-2-6-15-8-9/h4-5,7,9,15H,2-3,6,8H2,1H3,(H,16,17)/t9-/m0/s1. The second-order valence-electron chi connectivity index (χ2n) is 4.38.